The van der Waals surface area contributed by atoms with Gasteiger partial charge in [0, 0.05) is 21.5 Å². The monoisotopic (exact) mass is 396 g/mol. The summed E-state index contributed by atoms with van der Waals surface area (Å²) in [5, 5.41) is 6.22. The molecule has 0 unspecified atom stereocenters. The average Bonchev–Trinajstić information content (AvgIpc) is 2.63. The van der Waals surface area contributed by atoms with Gasteiger partial charge in [0.2, 0.25) is 0 Å². The Balaban J connectivity index is 1.77. The molecule has 25 heavy (non-hydrogen) atoms. The van der Waals surface area contributed by atoms with Crippen molar-refractivity contribution in [2.45, 2.75) is 0 Å². The number of amides is 1. The Morgan fingerprint density at radius 3 is 2.36 bits per heavy atom. The number of hydrogen-bond acceptors (Lipinski definition) is 3. The molecule has 0 fully saturated rings. The van der Waals surface area contributed by atoms with E-state index in [0.29, 0.717) is 21.5 Å². The molecule has 1 amide bonds. The molecule has 0 bridgehead atoms. The zero-order valence-corrected chi connectivity index (χ0v) is 15.2. The van der Waals surface area contributed by atoms with Crippen molar-refractivity contribution in [2.75, 3.05) is 17.7 Å². The SMILES string of the molecule is COc1ccc(Br)c(C(=O)Nc2cccc(Nc3ccccc3)c2)c1. The molecule has 0 atom stereocenters. The van der Waals surface area contributed by atoms with Crippen LogP contribution in [0.4, 0.5) is 17.1 Å². The summed E-state index contributed by atoms with van der Waals surface area (Å²) in [6, 6.07) is 22.7. The zero-order valence-electron chi connectivity index (χ0n) is 13.6. The molecule has 0 aliphatic rings. The number of para-hydroxylation sites is 1. The lowest BCUT2D eigenvalue weighted by atomic mass is 10.2. The summed E-state index contributed by atoms with van der Waals surface area (Å²) in [5.74, 6) is 0.426. The molecule has 0 saturated heterocycles. The second-order valence-electron chi connectivity index (χ2n) is 5.37. The maximum atomic E-state index is 12.6. The molecular formula is C20H17BrN2O2. The molecule has 3 aromatic rings. The molecule has 0 radical (unpaired) electrons. The van der Waals surface area contributed by atoms with Crippen LogP contribution in [-0.4, -0.2) is 13.0 Å². The van der Waals surface area contributed by atoms with Crippen LogP contribution in [0.1, 0.15) is 10.4 Å². The lowest BCUT2D eigenvalue weighted by Crippen LogP contribution is -2.12. The van der Waals surface area contributed by atoms with Gasteiger partial charge in [0.25, 0.3) is 5.91 Å². The van der Waals surface area contributed by atoms with Gasteiger partial charge >= 0.3 is 0 Å². The van der Waals surface area contributed by atoms with E-state index in [0.717, 1.165) is 11.4 Å². The number of carbonyl (C=O) groups excluding carboxylic acids is 1. The topological polar surface area (TPSA) is 50.4 Å². The average molecular weight is 397 g/mol. The van der Waals surface area contributed by atoms with Crippen molar-refractivity contribution < 1.29 is 9.53 Å². The van der Waals surface area contributed by atoms with Gasteiger partial charge < -0.3 is 15.4 Å². The Bertz CT molecular complexity index is 882. The fourth-order valence-electron chi connectivity index (χ4n) is 2.37. The molecule has 3 aromatic carbocycles. The first-order valence-corrected chi connectivity index (χ1v) is 8.52. The van der Waals surface area contributed by atoms with E-state index in [4.69, 9.17) is 4.74 Å². The summed E-state index contributed by atoms with van der Waals surface area (Å²) < 4.78 is 5.90. The molecule has 0 saturated carbocycles. The zero-order chi connectivity index (χ0) is 17.6. The second kappa shape index (κ2) is 7.85. The number of carbonyl (C=O) groups is 1. The lowest BCUT2D eigenvalue weighted by molar-refractivity contribution is 0.102. The fraction of sp³-hybridized carbons (Fsp3) is 0.0500. The summed E-state index contributed by atoms with van der Waals surface area (Å²) in [5.41, 5.74) is 3.11. The van der Waals surface area contributed by atoms with Crippen LogP contribution in [0.3, 0.4) is 0 Å². The van der Waals surface area contributed by atoms with Crippen LogP contribution < -0.4 is 15.4 Å². The molecule has 0 aromatic heterocycles. The van der Waals surface area contributed by atoms with E-state index in [1.165, 1.54) is 0 Å². The number of methoxy groups -OCH3 is 1. The molecule has 4 nitrogen and oxygen atoms in total. The molecular weight excluding hydrogens is 380 g/mol. The quantitative estimate of drug-likeness (QED) is 0.602. The molecule has 0 spiro atoms. The fourth-order valence-corrected chi connectivity index (χ4v) is 2.79. The number of hydrogen-bond donors (Lipinski definition) is 2. The minimum Gasteiger partial charge on any atom is -0.497 e. The smallest absolute Gasteiger partial charge is 0.256 e. The summed E-state index contributed by atoms with van der Waals surface area (Å²) in [6.07, 6.45) is 0. The first kappa shape index (κ1) is 17.0. The summed E-state index contributed by atoms with van der Waals surface area (Å²) >= 11 is 3.40. The molecule has 126 valence electrons. The van der Waals surface area contributed by atoms with Crippen LogP contribution in [0.2, 0.25) is 0 Å². The van der Waals surface area contributed by atoms with Gasteiger partial charge in [-0.05, 0) is 64.5 Å². The van der Waals surface area contributed by atoms with Crippen molar-refractivity contribution in [3.63, 3.8) is 0 Å². The van der Waals surface area contributed by atoms with Crippen LogP contribution in [0.5, 0.6) is 5.75 Å². The predicted molar refractivity (Wildman–Crippen MR) is 105 cm³/mol. The summed E-state index contributed by atoms with van der Waals surface area (Å²) in [7, 11) is 1.57. The highest BCUT2D eigenvalue weighted by Gasteiger charge is 2.12. The summed E-state index contributed by atoms with van der Waals surface area (Å²) in [4.78, 5) is 12.6. The molecule has 2 N–H and O–H groups in total. The standard InChI is InChI=1S/C20H17BrN2O2/c1-25-17-10-11-19(21)18(13-17)20(24)23-16-9-5-8-15(12-16)22-14-6-3-2-4-7-14/h2-13,22H,1H3,(H,23,24). The predicted octanol–water partition coefficient (Wildman–Crippen LogP) is 5.45. The van der Waals surface area contributed by atoms with Gasteiger partial charge in [0.05, 0.1) is 12.7 Å². The Hall–Kier alpha value is -2.79. The van der Waals surface area contributed by atoms with Gasteiger partial charge in [-0.3, -0.25) is 4.79 Å². The number of halogens is 1. The highest BCUT2D eigenvalue weighted by Crippen LogP contribution is 2.25. The van der Waals surface area contributed by atoms with Gasteiger partial charge in [-0.15, -0.1) is 0 Å². The van der Waals surface area contributed by atoms with Crippen molar-refractivity contribution >= 4 is 38.9 Å². The van der Waals surface area contributed by atoms with Gasteiger partial charge in [-0.2, -0.15) is 0 Å². The number of nitrogens with one attached hydrogen (secondary N) is 2. The Kier molecular flexibility index (Phi) is 5.36. The highest BCUT2D eigenvalue weighted by atomic mass is 79.9. The van der Waals surface area contributed by atoms with Crippen molar-refractivity contribution in [3.8, 4) is 5.75 Å². The van der Waals surface area contributed by atoms with E-state index in [1.54, 1.807) is 25.3 Å². The van der Waals surface area contributed by atoms with Crippen LogP contribution in [-0.2, 0) is 0 Å². The minimum absolute atomic E-state index is 0.206. The van der Waals surface area contributed by atoms with E-state index in [9.17, 15) is 4.79 Å². The highest BCUT2D eigenvalue weighted by molar-refractivity contribution is 9.10. The van der Waals surface area contributed by atoms with Crippen molar-refractivity contribution in [2.24, 2.45) is 0 Å². The normalized spacial score (nSPS) is 10.2. The third-order valence-electron chi connectivity index (χ3n) is 3.60. The van der Waals surface area contributed by atoms with E-state index < -0.39 is 0 Å². The summed E-state index contributed by atoms with van der Waals surface area (Å²) in [6.45, 7) is 0. The number of benzene rings is 3. The maximum Gasteiger partial charge on any atom is 0.256 e. The largest absolute Gasteiger partial charge is 0.497 e. The lowest BCUT2D eigenvalue weighted by Gasteiger charge is -2.11. The van der Waals surface area contributed by atoms with Crippen LogP contribution in [0, 0.1) is 0 Å². The van der Waals surface area contributed by atoms with E-state index in [1.807, 2.05) is 54.6 Å². The minimum atomic E-state index is -0.206. The Labute approximate surface area is 155 Å². The third kappa shape index (κ3) is 4.39. The Morgan fingerprint density at radius 2 is 1.60 bits per heavy atom. The first-order valence-electron chi connectivity index (χ1n) is 7.73. The number of ether oxygens (including phenoxy) is 1. The van der Waals surface area contributed by atoms with Gasteiger partial charge in [0.15, 0.2) is 0 Å². The Morgan fingerprint density at radius 1 is 0.880 bits per heavy atom. The van der Waals surface area contributed by atoms with Crippen LogP contribution >= 0.6 is 15.9 Å². The van der Waals surface area contributed by atoms with Crippen molar-refractivity contribution in [1.29, 1.82) is 0 Å². The van der Waals surface area contributed by atoms with Gasteiger partial charge in [0.1, 0.15) is 5.75 Å². The first-order chi connectivity index (χ1) is 12.2. The number of anilines is 3. The van der Waals surface area contributed by atoms with Gasteiger partial charge in [-0.25, -0.2) is 0 Å². The third-order valence-corrected chi connectivity index (χ3v) is 4.29. The molecule has 0 aliphatic heterocycles. The molecule has 3 rings (SSSR count). The molecule has 0 aliphatic carbocycles. The van der Waals surface area contributed by atoms with Crippen molar-refractivity contribution in [3.05, 3.63) is 82.8 Å². The molecule has 0 heterocycles. The van der Waals surface area contributed by atoms with Crippen molar-refractivity contribution in [1.82, 2.24) is 0 Å². The van der Waals surface area contributed by atoms with Crippen LogP contribution in [0.25, 0.3) is 0 Å². The van der Waals surface area contributed by atoms with E-state index in [2.05, 4.69) is 26.6 Å². The maximum absolute atomic E-state index is 12.6. The van der Waals surface area contributed by atoms with E-state index in [-0.39, 0.29) is 5.91 Å². The number of rotatable bonds is 5. The molecule has 5 heteroatoms. The second-order valence-corrected chi connectivity index (χ2v) is 6.23. The van der Waals surface area contributed by atoms with Crippen LogP contribution in [0.15, 0.2) is 77.3 Å². The van der Waals surface area contributed by atoms with E-state index >= 15 is 0 Å². The van der Waals surface area contributed by atoms with Gasteiger partial charge in [-0.1, -0.05) is 24.3 Å².